The minimum atomic E-state index is -1.01. The quantitative estimate of drug-likeness (QED) is 0.636. The summed E-state index contributed by atoms with van der Waals surface area (Å²) in [5.74, 6) is -0.588. The molecule has 5 nitrogen and oxygen atoms in total. The van der Waals surface area contributed by atoms with E-state index in [2.05, 4.69) is 0 Å². The Morgan fingerprint density at radius 3 is 2.68 bits per heavy atom. The lowest BCUT2D eigenvalue weighted by atomic mass is 10.1. The van der Waals surface area contributed by atoms with Crippen LogP contribution in [-0.2, 0) is 16.1 Å². The van der Waals surface area contributed by atoms with E-state index in [1.807, 2.05) is 25.1 Å². The van der Waals surface area contributed by atoms with Gasteiger partial charge in [0, 0.05) is 11.0 Å². The number of fused-ring (bicyclic) bond motifs is 1. The number of carboxylic acid groups (broad SMARTS) is 1. The van der Waals surface area contributed by atoms with Crippen molar-refractivity contribution in [1.29, 1.82) is 0 Å². The van der Waals surface area contributed by atoms with Gasteiger partial charge in [0.2, 0.25) is 5.91 Å². The highest BCUT2D eigenvalue weighted by Crippen LogP contribution is 2.43. The standard InChI is InChI=1S/C20H19Cl2NO4S/c1-2-7-27-13-4-6-17-16(9-13)23(20(26)18(28-17)10-19(24)25)11-12-3-5-14(21)15(22)8-12/h3-6,8-9,18H,2,7,10-11H2,1H3,(H,24,25). The van der Waals surface area contributed by atoms with Gasteiger partial charge in [-0.15, -0.1) is 11.8 Å². The molecule has 1 heterocycles. The Hall–Kier alpha value is -1.89. The number of anilines is 1. The van der Waals surface area contributed by atoms with Gasteiger partial charge in [-0.1, -0.05) is 36.2 Å². The Morgan fingerprint density at radius 2 is 2.00 bits per heavy atom. The fourth-order valence-corrected chi connectivity index (χ4v) is 4.40. The third-order valence-electron chi connectivity index (χ3n) is 4.19. The zero-order chi connectivity index (χ0) is 20.3. The van der Waals surface area contributed by atoms with E-state index in [4.69, 9.17) is 27.9 Å². The van der Waals surface area contributed by atoms with Crippen molar-refractivity contribution in [3.05, 3.63) is 52.0 Å². The number of hydrogen-bond acceptors (Lipinski definition) is 4. The highest BCUT2D eigenvalue weighted by molar-refractivity contribution is 8.01. The monoisotopic (exact) mass is 439 g/mol. The molecule has 0 radical (unpaired) electrons. The van der Waals surface area contributed by atoms with E-state index in [0.717, 1.165) is 16.9 Å². The van der Waals surface area contributed by atoms with Crippen LogP contribution in [0.25, 0.3) is 0 Å². The Balaban J connectivity index is 1.97. The van der Waals surface area contributed by atoms with Crippen LogP contribution in [0.1, 0.15) is 25.3 Å². The molecule has 3 rings (SSSR count). The summed E-state index contributed by atoms with van der Waals surface area (Å²) in [7, 11) is 0. The van der Waals surface area contributed by atoms with E-state index < -0.39 is 11.2 Å². The zero-order valence-corrected chi connectivity index (χ0v) is 17.5. The predicted molar refractivity (Wildman–Crippen MR) is 112 cm³/mol. The molecule has 1 unspecified atom stereocenters. The van der Waals surface area contributed by atoms with Crippen LogP contribution in [0.15, 0.2) is 41.3 Å². The first-order valence-electron chi connectivity index (χ1n) is 8.79. The number of nitrogens with zero attached hydrogens (tertiary/aromatic N) is 1. The van der Waals surface area contributed by atoms with Crippen LogP contribution >= 0.6 is 35.0 Å². The van der Waals surface area contributed by atoms with Gasteiger partial charge in [0.25, 0.3) is 0 Å². The lowest BCUT2D eigenvalue weighted by molar-refractivity contribution is -0.138. The SMILES string of the molecule is CCCOc1ccc2c(c1)N(Cc1ccc(Cl)c(Cl)c1)C(=O)C(CC(=O)O)S2. The number of carbonyl (C=O) groups is 2. The third kappa shape index (κ3) is 4.74. The Morgan fingerprint density at radius 1 is 1.21 bits per heavy atom. The lowest BCUT2D eigenvalue weighted by Crippen LogP contribution is -2.41. The van der Waals surface area contributed by atoms with Crippen LogP contribution in [0.5, 0.6) is 5.75 Å². The first-order chi connectivity index (χ1) is 13.4. The number of amides is 1. The highest BCUT2D eigenvalue weighted by atomic mass is 35.5. The number of carbonyl (C=O) groups excluding carboxylic acids is 1. The molecule has 0 saturated heterocycles. The van der Waals surface area contributed by atoms with E-state index in [1.54, 1.807) is 23.1 Å². The van der Waals surface area contributed by atoms with Crippen molar-refractivity contribution in [2.45, 2.75) is 36.5 Å². The van der Waals surface area contributed by atoms with E-state index in [-0.39, 0.29) is 18.9 Å². The van der Waals surface area contributed by atoms with E-state index in [1.165, 1.54) is 11.8 Å². The molecule has 1 atom stereocenters. The topological polar surface area (TPSA) is 66.8 Å². The van der Waals surface area contributed by atoms with Crippen molar-refractivity contribution in [3.8, 4) is 5.75 Å². The van der Waals surface area contributed by atoms with Crippen LogP contribution in [0.3, 0.4) is 0 Å². The van der Waals surface area contributed by atoms with Gasteiger partial charge in [0.15, 0.2) is 0 Å². The largest absolute Gasteiger partial charge is 0.494 e. The molecule has 0 spiro atoms. The molecule has 0 bridgehead atoms. The minimum Gasteiger partial charge on any atom is -0.494 e. The van der Waals surface area contributed by atoms with Crippen molar-refractivity contribution in [2.75, 3.05) is 11.5 Å². The third-order valence-corrected chi connectivity index (χ3v) is 6.18. The number of ether oxygens (including phenoxy) is 1. The van der Waals surface area contributed by atoms with E-state index in [0.29, 0.717) is 28.1 Å². The van der Waals surface area contributed by atoms with Crippen molar-refractivity contribution >= 4 is 52.5 Å². The fraction of sp³-hybridized carbons (Fsp3) is 0.300. The Labute approximate surface area is 177 Å². The van der Waals surface area contributed by atoms with Gasteiger partial charge in [-0.25, -0.2) is 0 Å². The molecule has 0 fully saturated rings. The number of rotatable bonds is 7. The summed E-state index contributed by atoms with van der Waals surface area (Å²) in [6.45, 7) is 2.86. The first kappa shape index (κ1) is 20.8. The molecule has 0 aliphatic carbocycles. The summed E-state index contributed by atoms with van der Waals surface area (Å²) in [6.07, 6.45) is 0.632. The van der Waals surface area contributed by atoms with Crippen molar-refractivity contribution in [1.82, 2.24) is 0 Å². The minimum absolute atomic E-state index is 0.241. The van der Waals surface area contributed by atoms with Crippen LogP contribution in [0, 0.1) is 0 Å². The maximum Gasteiger partial charge on any atom is 0.305 e. The molecule has 1 aliphatic heterocycles. The molecule has 1 N–H and O–H groups in total. The highest BCUT2D eigenvalue weighted by Gasteiger charge is 2.35. The van der Waals surface area contributed by atoms with Crippen LogP contribution in [-0.4, -0.2) is 28.8 Å². The summed E-state index contributed by atoms with van der Waals surface area (Å²) < 4.78 is 5.70. The van der Waals surface area contributed by atoms with Gasteiger partial charge in [-0.3, -0.25) is 9.59 Å². The summed E-state index contributed by atoms with van der Waals surface area (Å²) in [5.41, 5.74) is 1.51. The number of thioether (sulfide) groups is 1. The van der Waals surface area contributed by atoms with Gasteiger partial charge in [0.1, 0.15) is 5.75 Å². The summed E-state index contributed by atoms with van der Waals surface area (Å²) >= 11 is 13.4. The van der Waals surface area contributed by atoms with Crippen molar-refractivity contribution in [3.63, 3.8) is 0 Å². The Bertz CT molecular complexity index is 906. The van der Waals surface area contributed by atoms with Gasteiger partial charge in [-0.2, -0.15) is 0 Å². The maximum absolute atomic E-state index is 13.0. The van der Waals surface area contributed by atoms with Gasteiger partial charge in [0.05, 0.1) is 40.6 Å². The second-order valence-corrected chi connectivity index (χ2v) is 8.41. The van der Waals surface area contributed by atoms with Gasteiger partial charge < -0.3 is 14.7 Å². The molecule has 0 aromatic heterocycles. The summed E-state index contributed by atoms with van der Waals surface area (Å²) in [5, 5.41) is 9.33. The molecular weight excluding hydrogens is 421 g/mol. The van der Waals surface area contributed by atoms with Crippen LogP contribution < -0.4 is 9.64 Å². The normalized spacial score (nSPS) is 16.0. The van der Waals surface area contributed by atoms with Crippen molar-refractivity contribution in [2.24, 2.45) is 0 Å². The number of carboxylic acids is 1. The molecule has 0 saturated carbocycles. The predicted octanol–water partition coefficient (Wildman–Crippen LogP) is 5.26. The molecule has 1 amide bonds. The molecule has 28 heavy (non-hydrogen) atoms. The first-order valence-corrected chi connectivity index (χ1v) is 10.4. The van der Waals surface area contributed by atoms with Gasteiger partial charge in [-0.05, 0) is 36.2 Å². The Kier molecular flexibility index (Phi) is 6.75. The fourth-order valence-electron chi connectivity index (χ4n) is 2.88. The molecule has 2 aromatic carbocycles. The average molecular weight is 440 g/mol. The maximum atomic E-state index is 13.0. The number of hydrogen-bond donors (Lipinski definition) is 1. The van der Waals surface area contributed by atoms with Gasteiger partial charge >= 0.3 is 5.97 Å². The van der Waals surface area contributed by atoms with Crippen molar-refractivity contribution < 1.29 is 19.4 Å². The van der Waals surface area contributed by atoms with E-state index >= 15 is 0 Å². The smallest absolute Gasteiger partial charge is 0.305 e. The number of aliphatic carboxylic acids is 1. The average Bonchev–Trinajstić information content (AvgIpc) is 2.66. The summed E-state index contributed by atoms with van der Waals surface area (Å²) in [6, 6.07) is 10.7. The van der Waals surface area contributed by atoms with Crippen LogP contribution in [0.4, 0.5) is 5.69 Å². The van der Waals surface area contributed by atoms with Crippen LogP contribution in [0.2, 0.25) is 10.0 Å². The molecule has 1 aliphatic rings. The van der Waals surface area contributed by atoms with E-state index in [9.17, 15) is 14.7 Å². The molecule has 148 valence electrons. The molecule has 2 aromatic rings. The summed E-state index contributed by atoms with van der Waals surface area (Å²) in [4.78, 5) is 26.7. The second-order valence-electron chi connectivity index (χ2n) is 6.36. The lowest BCUT2D eigenvalue weighted by Gasteiger charge is -2.33. The second kappa shape index (κ2) is 9.07. The molecule has 8 heteroatoms. The zero-order valence-electron chi connectivity index (χ0n) is 15.2. The molecular formula is C20H19Cl2NO4S. The number of halogens is 2. The number of benzene rings is 2.